The third-order valence-corrected chi connectivity index (χ3v) is 5.94. The summed E-state index contributed by atoms with van der Waals surface area (Å²) in [6, 6.07) is 11.0. The van der Waals surface area contributed by atoms with Crippen LogP contribution in [0.15, 0.2) is 60.8 Å². The number of hydrogen-bond donors (Lipinski definition) is 4. The van der Waals surface area contributed by atoms with Gasteiger partial charge in [0.25, 0.3) is 0 Å². The van der Waals surface area contributed by atoms with Crippen LogP contribution in [0.5, 0.6) is 5.75 Å². The number of carbonyl (C=O) groups is 4. The minimum Gasteiger partial charge on any atom is -0.481 e. The summed E-state index contributed by atoms with van der Waals surface area (Å²) < 4.78 is 56.4. The SMILES string of the molecule is Cc1ccnc(NCCCC(=O)NCC(=O)NC(CC(=O)O)c2cccc(-c3ccc(F)cc3OC(=O)C(F)(F)F)c2)c1. The zero-order valence-corrected chi connectivity index (χ0v) is 22.8. The second kappa shape index (κ2) is 14.8. The molecule has 0 radical (unpaired) electrons. The molecule has 0 aliphatic rings. The van der Waals surface area contributed by atoms with Gasteiger partial charge >= 0.3 is 18.1 Å². The van der Waals surface area contributed by atoms with Gasteiger partial charge in [0.2, 0.25) is 11.8 Å². The van der Waals surface area contributed by atoms with Crippen molar-refractivity contribution in [2.24, 2.45) is 0 Å². The molecule has 1 atom stereocenters. The highest BCUT2D eigenvalue weighted by Gasteiger charge is 2.41. The van der Waals surface area contributed by atoms with Gasteiger partial charge in [-0.15, -0.1) is 0 Å². The van der Waals surface area contributed by atoms with E-state index in [1.54, 1.807) is 6.20 Å². The maximum Gasteiger partial charge on any atom is 0.491 e. The number of carboxylic acid groups (broad SMARTS) is 1. The summed E-state index contributed by atoms with van der Waals surface area (Å²) in [5, 5.41) is 17.5. The Morgan fingerprint density at radius 1 is 1.02 bits per heavy atom. The van der Waals surface area contributed by atoms with Gasteiger partial charge in [0, 0.05) is 30.8 Å². The number of alkyl halides is 3. The van der Waals surface area contributed by atoms with E-state index in [4.69, 9.17) is 0 Å². The van der Waals surface area contributed by atoms with Crippen molar-refractivity contribution >= 4 is 29.6 Å². The van der Waals surface area contributed by atoms with Crippen LogP contribution in [0.4, 0.5) is 23.4 Å². The van der Waals surface area contributed by atoms with Crippen molar-refractivity contribution in [3.05, 3.63) is 77.7 Å². The topological polar surface area (TPSA) is 147 Å². The van der Waals surface area contributed by atoms with Gasteiger partial charge in [-0.1, -0.05) is 18.2 Å². The molecule has 2 amide bonds. The normalized spacial score (nSPS) is 11.7. The smallest absolute Gasteiger partial charge is 0.481 e. The van der Waals surface area contributed by atoms with Crippen LogP contribution in [0, 0.1) is 12.7 Å². The minimum atomic E-state index is -5.33. The Bertz CT molecular complexity index is 1480. The summed E-state index contributed by atoms with van der Waals surface area (Å²) in [6.07, 6.45) is -3.66. The summed E-state index contributed by atoms with van der Waals surface area (Å²) >= 11 is 0. The summed E-state index contributed by atoms with van der Waals surface area (Å²) in [6.45, 7) is 1.96. The van der Waals surface area contributed by atoms with Crippen molar-refractivity contribution in [2.45, 2.75) is 38.4 Å². The van der Waals surface area contributed by atoms with E-state index >= 15 is 0 Å². The number of halogens is 4. The molecule has 1 unspecified atom stereocenters. The highest BCUT2D eigenvalue weighted by Crippen LogP contribution is 2.34. The number of esters is 1. The van der Waals surface area contributed by atoms with Crippen LogP contribution in [0.2, 0.25) is 0 Å². The van der Waals surface area contributed by atoms with E-state index in [1.807, 2.05) is 19.1 Å². The first-order chi connectivity index (χ1) is 20.3. The van der Waals surface area contributed by atoms with Gasteiger partial charge in [-0.05, 0) is 60.4 Å². The molecule has 0 bridgehead atoms. The molecule has 14 heteroatoms. The number of anilines is 1. The molecule has 4 N–H and O–H groups in total. The van der Waals surface area contributed by atoms with Crippen molar-refractivity contribution in [2.75, 3.05) is 18.4 Å². The lowest BCUT2D eigenvalue weighted by atomic mass is 9.97. The molecule has 0 aliphatic carbocycles. The average molecular weight is 605 g/mol. The standard InChI is InChI=1S/C29H28F4N4O6/c1-17-9-11-35-24(12-17)34-10-3-6-25(38)36-16-26(39)37-22(15-27(40)41)19-5-2-4-18(13-19)21-8-7-20(30)14-23(21)43-28(42)29(31,32)33/h2,4-5,7-9,11-14,22H,3,6,10,15-16H2,1H3,(H,34,35)(H,36,38)(H,37,39)(H,40,41). The largest absolute Gasteiger partial charge is 0.491 e. The highest BCUT2D eigenvalue weighted by atomic mass is 19.4. The van der Waals surface area contributed by atoms with E-state index in [9.17, 15) is 41.8 Å². The Kier molecular flexibility index (Phi) is 11.2. The molecule has 0 saturated heterocycles. The number of benzene rings is 2. The molecule has 2 aromatic carbocycles. The summed E-state index contributed by atoms with van der Waals surface area (Å²) in [5.74, 6) is -5.89. The Hall–Kier alpha value is -5.01. The Labute approximate surface area is 243 Å². The van der Waals surface area contributed by atoms with Crippen LogP contribution < -0.4 is 20.7 Å². The molecule has 43 heavy (non-hydrogen) atoms. The fraction of sp³-hybridized carbons (Fsp3) is 0.276. The lowest BCUT2D eigenvalue weighted by Crippen LogP contribution is -2.39. The van der Waals surface area contributed by atoms with E-state index in [1.165, 1.54) is 24.3 Å². The van der Waals surface area contributed by atoms with E-state index in [-0.39, 0.29) is 23.1 Å². The fourth-order valence-corrected chi connectivity index (χ4v) is 3.94. The molecule has 10 nitrogen and oxygen atoms in total. The van der Waals surface area contributed by atoms with Gasteiger partial charge < -0.3 is 25.8 Å². The number of rotatable bonds is 13. The number of nitrogens with one attached hydrogen (secondary N) is 3. The van der Waals surface area contributed by atoms with E-state index < -0.39 is 60.5 Å². The van der Waals surface area contributed by atoms with Gasteiger partial charge in [-0.25, -0.2) is 14.2 Å². The average Bonchev–Trinajstić information content (AvgIpc) is 2.93. The minimum absolute atomic E-state index is 0.0822. The molecule has 3 rings (SSSR count). The second-order valence-electron chi connectivity index (χ2n) is 9.40. The number of aryl methyl sites for hydroxylation is 1. The molecule has 0 fully saturated rings. The molecule has 1 aromatic heterocycles. The second-order valence-corrected chi connectivity index (χ2v) is 9.40. The van der Waals surface area contributed by atoms with Crippen LogP contribution >= 0.6 is 0 Å². The number of pyridine rings is 1. The number of amides is 2. The molecule has 3 aromatic rings. The van der Waals surface area contributed by atoms with Crippen LogP contribution in [0.1, 0.15) is 36.4 Å². The number of nitrogens with zero attached hydrogens (tertiary/aromatic N) is 1. The maximum absolute atomic E-state index is 13.8. The zero-order valence-electron chi connectivity index (χ0n) is 22.8. The molecule has 0 spiro atoms. The van der Waals surface area contributed by atoms with Gasteiger partial charge in [-0.2, -0.15) is 13.2 Å². The highest BCUT2D eigenvalue weighted by molar-refractivity contribution is 5.85. The number of carbonyl (C=O) groups excluding carboxylic acids is 3. The number of aliphatic carboxylic acids is 1. The predicted molar refractivity (Wildman–Crippen MR) is 146 cm³/mol. The summed E-state index contributed by atoms with van der Waals surface area (Å²) in [5.41, 5.74) is 1.35. The van der Waals surface area contributed by atoms with Crippen molar-refractivity contribution in [1.82, 2.24) is 15.6 Å². The number of hydrogen-bond acceptors (Lipinski definition) is 7. The molecule has 228 valence electrons. The third-order valence-electron chi connectivity index (χ3n) is 5.94. The van der Waals surface area contributed by atoms with Crippen LogP contribution in [0.3, 0.4) is 0 Å². The monoisotopic (exact) mass is 604 g/mol. The number of carboxylic acids is 1. The van der Waals surface area contributed by atoms with Crippen LogP contribution in [-0.4, -0.2) is 53.1 Å². The first kappa shape index (κ1) is 32.5. The lowest BCUT2D eigenvalue weighted by molar-refractivity contribution is -0.189. The molecule has 0 saturated carbocycles. The number of aromatic nitrogens is 1. The molecule has 0 aliphatic heterocycles. The Balaban J connectivity index is 1.63. The van der Waals surface area contributed by atoms with Gasteiger partial charge in [-0.3, -0.25) is 14.4 Å². The molecular weight excluding hydrogens is 576 g/mol. The van der Waals surface area contributed by atoms with E-state index in [0.717, 1.165) is 17.7 Å². The quantitative estimate of drug-likeness (QED) is 0.0978. The molecule has 1 heterocycles. The third kappa shape index (κ3) is 10.4. The lowest BCUT2D eigenvalue weighted by Gasteiger charge is -2.19. The van der Waals surface area contributed by atoms with Crippen LogP contribution in [-0.2, 0) is 19.2 Å². The molecular formula is C29H28F4N4O6. The Morgan fingerprint density at radius 3 is 2.49 bits per heavy atom. The van der Waals surface area contributed by atoms with Gasteiger partial charge in [0.05, 0.1) is 19.0 Å². The van der Waals surface area contributed by atoms with Crippen molar-refractivity contribution in [1.29, 1.82) is 0 Å². The summed E-state index contributed by atoms with van der Waals surface area (Å²) in [4.78, 5) is 51.8. The van der Waals surface area contributed by atoms with E-state index in [0.29, 0.717) is 24.8 Å². The fourth-order valence-electron chi connectivity index (χ4n) is 3.94. The summed E-state index contributed by atoms with van der Waals surface area (Å²) in [7, 11) is 0. The van der Waals surface area contributed by atoms with E-state index in [2.05, 4.69) is 25.7 Å². The zero-order chi connectivity index (χ0) is 31.6. The van der Waals surface area contributed by atoms with Gasteiger partial charge in [0.1, 0.15) is 17.4 Å². The van der Waals surface area contributed by atoms with Crippen molar-refractivity contribution in [3.63, 3.8) is 0 Å². The number of ether oxygens (including phenoxy) is 1. The van der Waals surface area contributed by atoms with Crippen LogP contribution in [0.25, 0.3) is 11.1 Å². The maximum atomic E-state index is 13.8. The first-order valence-electron chi connectivity index (χ1n) is 12.9. The van der Waals surface area contributed by atoms with Crippen molar-refractivity contribution < 1.29 is 46.6 Å². The Morgan fingerprint density at radius 2 is 1.79 bits per heavy atom. The predicted octanol–water partition coefficient (Wildman–Crippen LogP) is 4.30. The first-order valence-corrected chi connectivity index (χ1v) is 12.9. The van der Waals surface area contributed by atoms with Crippen molar-refractivity contribution in [3.8, 4) is 16.9 Å². The van der Waals surface area contributed by atoms with Gasteiger partial charge in [0.15, 0.2) is 0 Å².